The molecule has 1 atom stereocenters. The van der Waals surface area contributed by atoms with Gasteiger partial charge in [-0.1, -0.05) is 34.1 Å². The Morgan fingerprint density at radius 2 is 1.67 bits per heavy atom. The van der Waals surface area contributed by atoms with E-state index in [4.69, 9.17) is 0 Å². The molecule has 4 rings (SSSR count). The minimum atomic E-state index is -0.799. The van der Waals surface area contributed by atoms with Crippen LogP contribution in [0.25, 0.3) is 0 Å². The lowest BCUT2D eigenvalue weighted by atomic mass is 10.1. The molecule has 0 bridgehead atoms. The minimum absolute atomic E-state index is 0.0740. The summed E-state index contributed by atoms with van der Waals surface area (Å²) < 4.78 is 0.911. The minimum Gasteiger partial charge on any atom is -0.369 e. The Morgan fingerprint density at radius 1 is 0.970 bits per heavy atom. The summed E-state index contributed by atoms with van der Waals surface area (Å²) in [6, 6.07) is 16.7. The Bertz CT molecular complexity index is 977. The van der Waals surface area contributed by atoms with Crippen molar-refractivity contribution in [3.05, 3.63) is 59.1 Å². The smallest absolute Gasteiger partial charge is 0.243 e. The van der Waals surface area contributed by atoms with E-state index in [1.165, 1.54) is 5.69 Å². The Hall–Kier alpha value is -2.91. The van der Waals surface area contributed by atoms with Gasteiger partial charge in [0, 0.05) is 55.1 Å². The first-order chi connectivity index (χ1) is 16.0. The van der Waals surface area contributed by atoms with Gasteiger partial charge in [-0.3, -0.25) is 19.3 Å². The number of hydrogen-bond donors (Lipinski definition) is 2. The molecule has 2 aliphatic rings. The van der Waals surface area contributed by atoms with Crippen LogP contribution in [0, 0.1) is 0 Å². The molecular weight excluding hydrogens is 486 g/mol. The number of anilines is 2. The molecule has 2 aliphatic heterocycles. The Labute approximate surface area is 202 Å². The molecule has 2 fully saturated rings. The van der Waals surface area contributed by atoms with Gasteiger partial charge in [-0.25, -0.2) is 0 Å². The maximum absolute atomic E-state index is 13.1. The van der Waals surface area contributed by atoms with Crippen LogP contribution in [0.2, 0.25) is 0 Å². The first-order valence-electron chi connectivity index (χ1n) is 11.1. The molecule has 33 heavy (non-hydrogen) atoms. The van der Waals surface area contributed by atoms with Crippen LogP contribution < -0.4 is 15.5 Å². The molecule has 8 nitrogen and oxygen atoms in total. The van der Waals surface area contributed by atoms with Crippen LogP contribution in [0.15, 0.2) is 59.1 Å². The van der Waals surface area contributed by atoms with Crippen molar-refractivity contribution in [2.45, 2.75) is 12.5 Å². The van der Waals surface area contributed by atoms with Gasteiger partial charge in [0.15, 0.2) is 0 Å². The summed E-state index contributed by atoms with van der Waals surface area (Å²) in [6.07, 6.45) is -0.0740. The average molecular weight is 514 g/mol. The van der Waals surface area contributed by atoms with E-state index >= 15 is 0 Å². The maximum Gasteiger partial charge on any atom is 0.243 e. The molecular formula is C24H28BrN5O3. The maximum atomic E-state index is 13.1. The molecule has 0 aromatic heterocycles. The first kappa shape index (κ1) is 23.3. The topological polar surface area (TPSA) is 85.0 Å². The molecule has 2 N–H and O–H groups in total. The van der Waals surface area contributed by atoms with Crippen LogP contribution in [0.1, 0.15) is 6.42 Å². The molecule has 2 aromatic carbocycles. The third-order valence-electron chi connectivity index (χ3n) is 6.01. The van der Waals surface area contributed by atoms with E-state index in [2.05, 4.69) is 48.5 Å². The lowest BCUT2D eigenvalue weighted by Gasteiger charge is -2.39. The van der Waals surface area contributed by atoms with Crippen molar-refractivity contribution in [1.82, 2.24) is 15.1 Å². The molecule has 0 aliphatic carbocycles. The standard InChI is InChI=1S/C24H28BrN5O3/c25-18-6-8-19(9-7-18)27-22(31)16-21-24(33)26-10-11-30(21)23(32)17-28-12-14-29(15-13-28)20-4-2-1-3-5-20/h1-9,21H,10-17H2,(H,26,33)(H,27,31)/t21-/m0/s1. The first-order valence-corrected chi connectivity index (χ1v) is 11.9. The van der Waals surface area contributed by atoms with Crippen LogP contribution in [0.5, 0.6) is 0 Å². The number of rotatable bonds is 6. The number of nitrogens with zero attached hydrogens (tertiary/aromatic N) is 3. The number of halogens is 1. The van der Waals surface area contributed by atoms with Gasteiger partial charge in [-0.2, -0.15) is 0 Å². The fourth-order valence-corrected chi connectivity index (χ4v) is 4.49. The molecule has 174 valence electrons. The highest BCUT2D eigenvalue weighted by atomic mass is 79.9. The van der Waals surface area contributed by atoms with Crippen molar-refractivity contribution >= 4 is 45.0 Å². The average Bonchev–Trinajstić information content (AvgIpc) is 2.83. The molecule has 2 aromatic rings. The van der Waals surface area contributed by atoms with E-state index in [1.54, 1.807) is 17.0 Å². The third kappa shape index (κ3) is 6.11. The summed E-state index contributed by atoms with van der Waals surface area (Å²) >= 11 is 3.36. The molecule has 0 spiro atoms. The molecule has 2 heterocycles. The predicted molar refractivity (Wildman–Crippen MR) is 131 cm³/mol. The van der Waals surface area contributed by atoms with E-state index in [0.717, 1.165) is 30.7 Å². The van der Waals surface area contributed by atoms with Crippen molar-refractivity contribution < 1.29 is 14.4 Å². The number of nitrogens with one attached hydrogen (secondary N) is 2. The number of carbonyl (C=O) groups is 3. The second kappa shape index (κ2) is 10.8. The summed E-state index contributed by atoms with van der Waals surface area (Å²) in [7, 11) is 0. The van der Waals surface area contributed by atoms with Crippen LogP contribution >= 0.6 is 15.9 Å². The number of carbonyl (C=O) groups excluding carboxylic acids is 3. The summed E-state index contributed by atoms with van der Waals surface area (Å²) in [6.45, 7) is 4.29. The zero-order chi connectivity index (χ0) is 23.2. The Morgan fingerprint density at radius 3 is 2.36 bits per heavy atom. The van der Waals surface area contributed by atoms with Crippen molar-refractivity contribution in [2.24, 2.45) is 0 Å². The van der Waals surface area contributed by atoms with Gasteiger partial charge in [0.2, 0.25) is 17.7 Å². The number of benzene rings is 2. The Balaban J connectivity index is 1.32. The van der Waals surface area contributed by atoms with Crippen molar-refractivity contribution in [2.75, 3.05) is 56.0 Å². The summed E-state index contributed by atoms with van der Waals surface area (Å²) in [5.74, 6) is -0.692. The van der Waals surface area contributed by atoms with Crippen LogP contribution in [-0.4, -0.2) is 79.4 Å². The van der Waals surface area contributed by atoms with Gasteiger partial charge in [-0.15, -0.1) is 0 Å². The number of hydrogen-bond acceptors (Lipinski definition) is 5. The van der Waals surface area contributed by atoms with Gasteiger partial charge in [0.1, 0.15) is 6.04 Å². The summed E-state index contributed by atoms with van der Waals surface area (Å²) in [5, 5.41) is 5.59. The van der Waals surface area contributed by atoms with E-state index < -0.39 is 6.04 Å². The second-order valence-corrected chi connectivity index (χ2v) is 9.17. The zero-order valence-corrected chi connectivity index (χ0v) is 20.0. The predicted octanol–water partition coefficient (Wildman–Crippen LogP) is 1.93. The third-order valence-corrected chi connectivity index (χ3v) is 6.54. The lowest BCUT2D eigenvalue weighted by molar-refractivity contribution is -0.145. The van der Waals surface area contributed by atoms with E-state index in [0.29, 0.717) is 18.8 Å². The van der Waals surface area contributed by atoms with Crippen molar-refractivity contribution in [3.8, 4) is 0 Å². The molecule has 2 saturated heterocycles. The lowest BCUT2D eigenvalue weighted by Crippen LogP contribution is -2.60. The molecule has 0 radical (unpaired) electrons. The number of para-hydroxylation sites is 1. The van der Waals surface area contributed by atoms with Gasteiger partial charge in [0.25, 0.3) is 0 Å². The van der Waals surface area contributed by atoms with Gasteiger partial charge >= 0.3 is 0 Å². The molecule has 0 unspecified atom stereocenters. The van der Waals surface area contributed by atoms with E-state index in [9.17, 15) is 14.4 Å². The highest BCUT2D eigenvalue weighted by molar-refractivity contribution is 9.10. The van der Waals surface area contributed by atoms with Gasteiger partial charge < -0.3 is 20.4 Å². The Kier molecular flexibility index (Phi) is 7.61. The van der Waals surface area contributed by atoms with Crippen LogP contribution in [0.4, 0.5) is 11.4 Å². The molecule has 0 saturated carbocycles. The fourth-order valence-electron chi connectivity index (χ4n) is 4.22. The van der Waals surface area contributed by atoms with Crippen LogP contribution in [0.3, 0.4) is 0 Å². The number of amides is 3. The highest BCUT2D eigenvalue weighted by Crippen LogP contribution is 2.18. The SMILES string of the molecule is O=C(C[C@H]1C(=O)NCCN1C(=O)CN1CCN(c2ccccc2)CC1)Nc1ccc(Br)cc1. The molecule has 9 heteroatoms. The summed E-state index contributed by atoms with van der Waals surface area (Å²) in [5.41, 5.74) is 1.83. The highest BCUT2D eigenvalue weighted by Gasteiger charge is 2.35. The monoisotopic (exact) mass is 513 g/mol. The summed E-state index contributed by atoms with van der Waals surface area (Å²) in [4.78, 5) is 44.2. The van der Waals surface area contributed by atoms with E-state index in [-0.39, 0.29) is 30.7 Å². The second-order valence-electron chi connectivity index (χ2n) is 8.25. The van der Waals surface area contributed by atoms with E-state index in [1.807, 2.05) is 30.3 Å². The fraction of sp³-hybridized carbons (Fsp3) is 0.375. The van der Waals surface area contributed by atoms with Gasteiger partial charge in [0.05, 0.1) is 13.0 Å². The van der Waals surface area contributed by atoms with Crippen LogP contribution in [-0.2, 0) is 14.4 Å². The van der Waals surface area contributed by atoms with Gasteiger partial charge in [-0.05, 0) is 36.4 Å². The zero-order valence-electron chi connectivity index (χ0n) is 18.4. The molecule has 3 amide bonds. The quantitative estimate of drug-likeness (QED) is 0.616. The normalized spacial score (nSPS) is 19.2. The van der Waals surface area contributed by atoms with Crippen molar-refractivity contribution in [3.63, 3.8) is 0 Å². The van der Waals surface area contributed by atoms with Crippen molar-refractivity contribution in [1.29, 1.82) is 0 Å². The number of piperazine rings is 2. The largest absolute Gasteiger partial charge is 0.369 e.